The van der Waals surface area contributed by atoms with E-state index in [0.29, 0.717) is 17.5 Å². The predicted molar refractivity (Wildman–Crippen MR) is 58.1 cm³/mol. The van der Waals surface area contributed by atoms with Crippen LogP contribution < -0.4 is 10.1 Å². The Morgan fingerprint density at radius 2 is 2.53 bits per heavy atom. The third-order valence-electron chi connectivity index (χ3n) is 2.56. The van der Waals surface area contributed by atoms with Crippen LogP contribution in [0.25, 0.3) is 0 Å². The summed E-state index contributed by atoms with van der Waals surface area (Å²) in [6.45, 7) is 2.89. The van der Waals surface area contributed by atoms with Crippen LogP contribution in [0.4, 0.5) is 0 Å². The van der Waals surface area contributed by atoms with Gasteiger partial charge in [-0.25, -0.2) is 9.97 Å². The zero-order valence-corrected chi connectivity index (χ0v) is 9.20. The Labute approximate surface area is 94.0 Å². The molecule has 4 nitrogen and oxygen atoms in total. The zero-order chi connectivity index (χ0) is 10.5. The van der Waals surface area contributed by atoms with Gasteiger partial charge in [-0.1, -0.05) is 11.6 Å². The lowest BCUT2D eigenvalue weighted by atomic mass is 10.1. The molecule has 0 radical (unpaired) electrons. The van der Waals surface area contributed by atoms with Crippen LogP contribution in [-0.4, -0.2) is 29.7 Å². The summed E-state index contributed by atoms with van der Waals surface area (Å²) >= 11 is 5.86. The number of aromatic nitrogens is 2. The fourth-order valence-corrected chi connectivity index (χ4v) is 1.85. The number of hydrogen-bond acceptors (Lipinski definition) is 4. The topological polar surface area (TPSA) is 47.0 Å². The number of hydrogen-bond donors (Lipinski definition) is 1. The molecular weight excluding hydrogens is 214 g/mol. The summed E-state index contributed by atoms with van der Waals surface area (Å²) in [5, 5.41) is 3.80. The molecule has 82 valence electrons. The molecule has 0 bridgehead atoms. The third kappa shape index (κ3) is 3.04. The lowest BCUT2D eigenvalue weighted by molar-refractivity contribution is 0.273. The molecule has 0 amide bonds. The summed E-state index contributed by atoms with van der Waals surface area (Å²) in [4.78, 5) is 7.76. The van der Waals surface area contributed by atoms with Gasteiger partial charge in [0, 0.05) is 0 Å². The monoisotopic (exact) mass is 227 g/mol. The molecule has 5 heteroatoms. The number of halogens is 1. The predicted octanol–water partition coefficient (Wildman–Crippen LogP) is 1.51. The Balaban J connectivity index is 1.75. The van der Waals surface area contributed by atoms with Gasteiger partial charge < -0.3 is 10.1 Å². The Morgan fingerprint density at radius 1 is 1.60 bits per heavy atom. The molecule has 2 heterocycles. The molecule has 1 saturated heterocycles. The molecule has 1 aliphatic heterocycles. The van der Waals surface area contributed by atoms with E-state index in [1.165, 1.54) is 12.7 Å². The van der Waals surface area contributed by atoms with E-state index in [0.717, 1.165) is 25.4 Å². The average molecular weight is 228 g/mol. The van der Waals surface area contributed by atoms with E-state index in [2.05, 4.69) is 15.3 Å². The molecule has 1 unspecified atom stereocenters. The van der Waals surface area contributed by atoms with E-state index < -0.39 is 0 Å². The molecule has 1 atom stereocenters. The Hall–Kier alpha value is -0.870. The number of ether oxygens (including phenoxy) is 1. The van der Waals surface area contributed by atoms with Crippen LogP contribution in [0.5, 0.6) is 5.88 Å². The molecule has 1 fully saturated rings. The van der Waals surface area contributed by atoms with Gasteiger partial charge in [0.2, 0.25) is 5.88 Å². The van der Waals surface area contributed by atoms with Crippen molar-refractivity contribution in [2.24, 2.45) is 5.92 Å². The average Bonchev–Trinajstić information content (AvgIpc) is 2.74. The van der Waals surface area contributed by atoms with Crippen molar-refractivity contribution in [3.8, 4) is 5.88 Å². The summed E-state index contributed by atoms with van der Waals surface area (Å²) in [6, 6.07) is 0. The van der Waals surface area contributed by atoms with Crippen molar-refractivity contribution in [3.05, 3.63) is 17.5 Å². The maximum Gasteiger partial charge on any atom is 0.235 e. The summed E-state index contributed by atoms with van der Waals surface area (Å²) in [5.74, 6) is 1.21. The molecule has 1 aliphatic rings. The SMILES string of the molecule is Clc1cncnc1OCCC1CCNC1. The van der Waals surface area contributed by atoms with Crippen LogP contribution >= 0.6 is 11.6 Å². The first kappa shape index (κ1) is 10.6. The van der Waals surface area contributed by atoms with Crippen LogP contribution in [0.2, 0.25) is 5.02 Å². The highest BCUT2D eigenvalue weighted by Gasteiger charge is 2.14. The van der Waals surface area contributed by atoms with Gasteiger partial charge in [0.25, 0.3) is 0 Å². The first-order valence-corrected chi connectivity index (χ1v) is 5.53. The van der Waals surface area contributed by atoms with Crippen LogP contribution in [0.3, 0.4) is 0 Å². The van der Waals surface area contributed by atoms with Gasteiger partial charge in [-0.2, -0.15) is 0 Å². The van der Waals surface area contributed by atoms with Crippen molar-refractivity contribution in [2.45, 2.75) is 12.8 Å². The van der Waals surface area contributed by atoms with E-state index in [4.69, 9.17) is 16.3 Å². The Morgan fingerprint density at radius 3 is 3.27 bits per heavy atom. The third-order valence-corrected chi connectivity index (χ3v) is 2.82. The van der Waals surface area contributed by atoms with Crippen molar-refractivity contribution in [2.75, 3.05) is 19.7 Å². The minimum atomic E-state index is 0.474. The second-order valence-electron chi connectivity index (χ2n) is 3.67. The smallest absolute Gasteiger partial charge is 0.235 e. The van der Waals surface area contributed by atoms with Crippen molar-refractivity contribution >= 4 is 11.6 Å². The minimum absolute atomic E-state index is 0.474. The van der Waals surface area contributed by atoms with E-state index in [1.807, 2.05) is 0 Å². The molecule has 2 rings (SSSR count). The number of nitrogens with zero attached hydrogens (tertiary/aromatic N) is 2. The van der Waals surface area contributed by atoms with Crippen LogP contribution in [0.15, 0.2) is 12.5 Å². The fourth-order valence-electron chi connectivity index (χ4n) is 1.69. The van der Waals surface area contributed by atoms with Crippen molar-refractivity contribution in [1.29, 1.82) is 0 Å². The second-order valence-corrected chi connectivity index (χ2v) is 4.08. The fraction of sp³-hybridized carbons (Fsp3) is 0.600. The summed E-state index contributed by atoms with van der Waals surface area (Å²) < 4.78 is 5.49. The minimum Gasteiger partial charge on any atom is -0.477 e. The van der Waals surface area contributed by atoms with Gasteiger partial charge in [0.15, 0.2) is 0 Å². The van der Waals surface area contributed by atoms with Crippen molar-refractivity contribution in [1.82, 2.24) is 15.3 Å². The van der Waals surface area contributed by atoms with Gasteiger partial charge in [0.05, 0.1) is 12.8 Å². The van der Waals surface area contributed by atoms with Gasteiger partial charge in [-0.15, -0.1) is 0 Å². The van der Waals surface area contributed by atoms with Gasteiger partial charge in [-0.05, 0) is 31.8 Å². The zero-order valence-electron chi connectivity index (χ0n) is 8.45. The molecule has 0 aromatic carbocycles. The van der Waals surface area contributed by atoms with Crippen molar-refractivity contribution in [3.63, 3.8) is 0 Å². The molecule has 0 saturated carbocycles. The van der Waals surface area contributed by atoms with E-state index >= 15 is 0 Å². The van der Waals surface area contributed by atoms with Crippen LogP contribution in [0.1, 0.15) is 12.8 Å². The highest BCUT2D eigenvalue weighted by Crippen LogP contribution is 2.20. The van der Waals surface area contributed by atoms with Gasteiger partial charge in [0.1, 0.15) is 11.3 Å². The van der Waals surface area contributed by atoms with Gasteiger partial charge >= 0.3 is 0 Å². The lowest BCUT2D eigenvalue weighted by Crippen LogP contribution is -2.12. The standard InChI is InChI=1S/C10H14ClN3O/c11-9-6-13-7-14-10(9)15-4-2-8-1-3-12-5-8/h6-8,12H,1-5H2. The first-order chi connectivity index (χ1) is 7.36. The molecule has 1 N–H and O–H groups in total. The highest BCUT2D eigenvalue weighted by molar-refractivity contribution is 6.31. The normalized spacial score (nSPS) is 20.5. The lowest BCUT2D eigenvalue weighted by Gasteiger charge is -2.09. The van der Waals surface area contributed by atoms with Crippen LogP contribution in [0, 0.1) is 5.92 Å². The van der Waals surface area contributed by atoms with Crippen LogP contribution in [-0.2, 0) is 0 Å². The number of rotatable bonds is 4. The van der Waals surface area contributed by atoms with E-state index in [1.54, 1.807) is 6.20 Å². The summed E-state index contributed by atoms with van der Waals surface area (Å²) in [7, 11) is 0. The molecule has 0 aliphatic carbocycles. The summed E-state index contributed by atoms with van der Waals surface area (Å²) in [5.41, 5.74) is 0. The quantitative estimate of drug-likeness (QED) is 0.847. The molecule has 1 aromatic heterocycles. The summed E-state index contributed by atoms with van der Waals surface area (Å²) in [6.07, 6.45) is 5.27. The molecule has 15 heavy (non-hydrogen) atoms. The highest BCUT2D eigenvalue weighted by atomic mass is 35.5. The Kier molecular flexibility index (Phi) is 3.75. The molecular formula is C10H14ClN3O. The maximum atomic E-state index is 5.86. The molecule has 0 spiro atoms. The first-order valence-electron chi connectivity index (χ1n) is 5.15. The number of nitrogens with one attached hydrogen (secondary N) is 1. The van der Waals surface area contributed by atoms with Crippen molar-refractivity contribution < 1.29 is 4.74 Å². The largest absolute Gasteiger partial charge is 0.477 e. The molecule has 1 aromatic rings. The maximum absolute atomic E-state index is 5.86. The second kappa shape index (κ2) is 5.28. The van der Waals surface area contributed by atoms with Gasteiger partial charge in [-0.3, -0.25) is 0 Å². The van der Waals surface area contributed by atoms with E-state index in [-0.39, 0.29) is 0 Å². The Bertz CT molecular complexity index is 315. The van der Waals surface area contributed by atoms with E-state index in [9.17, 15) is 0 Å².